The molecule has 0 aliphatic heterocycles. The highest BCUT2D eigenvalue weighted by Gasteiger charge is 2.32. The fourth-order valence-electron chi connectivity index (χ4n) is 2.17. The van der Waals surface area contributed by atoms with Crippen molar-refractivity contribution in [1.29, 1.82) is 0 Å². The Kier molecular flexibility index (Phi) is 3.19. The van der Waals surface area contributed by atoms with Crippen molar-refractivity contribution < 1.29 is 10.2 Å². The van der Waals surface area contributed by atoms with E-state index in [2.05, 4.69) is 13.8 Å². The summed E-state index contributed by atoms with van der Waals surface area (Å²) in [4.78, 5) is 0. The van der Waals surface area contributed by atoms with Crippen LogP contribution >= 0.6 is 0 Å². The average Bonchev–Trinajstić information content (AvgIpc) is 1.99. The van der Waals surface area contributed by atoms with Crippen molar-refractivity contribution in [3.63, 3.8) is 0 Å². The van der Waals surface area contributed by atoms with Crippen LogP contribution in [0.2, 0.25) is 5.82 Å². The van der Waals surface area contributed by atoms with E-state index < -0.39 is 6.29 Å². The van der Waals surface area contributed by atoms with Crippen LogP contribution in [-0.2, 0) is 0 Å². The van der Waals surface area contributed by atoms with Crippen LogP contribution in [0.5, 0.6) is 0 Å². The molecule has 0 aromatic heterocycles. The normalized spacial score (nSPS) is 43.4. The monoisotopic (exact) mass is 168 g/mol. The second kappa shape index (κ2) is 3.80. The third kappa shape index (κ3) is 2.02. The van der Waals surface area contributed by atoms with Crippen molar-refractivity contribution in [1.82, 2.24) is 0 Å². The minimum atomic E-state index is -1.16. The quantitative estimate of drug-likeness (QED) is 0.451. The van der Waals surface area contributed by atoms with Crippen molar-refractivity contribution >= 4 is 7.85 Å². The highest BCUT2D eigenvalue weighted by atomic mass is 16.5. The minimum absolute atomic E-state index is 0.0230. The molecular formula is C9H17BO2. The molecular weight excluding hydrogens is 151 g/mol. The van der Waals surface area contributed by atoms with E-state index in [1.165, 1.54) is 0 Å². The summed E-state index contributed by atoms with van der Waals surface area (Å²) in [5.41, 5.74) is 0. The minimum Gasteiger partial charge on any atom is -0.368 e. The first-order valence-corrected chi connectivity index (χ1v) is 4.64. The van der Waals surface area contributed by atoms with E-state index >= 15 is 0 Å². The van der Waals surface area contributed by atoms with Gasteiger partial charge in [0.05, 0.1) is 7.85 Å². The lowest BCUT2D eigenvalue weighted by atomic mass is 9.60. The van der Waals surface area contributed by atoms with Gasteiger partial charge in [0.2, 0.25) is 0 Å². The fourth-order valence-corrected chi connectivity index (χ4v) is 2.17. The fraction of sp³-hybridized carbons (Fsp3) is 1.00. The average molecular weight is 168 g/mol. The smallest absolute Gasteiger partial charge is 0.154 e. The predicted molar refractivity (Wildman–Crippen MR) is 48.8 cm³/mol. The molecule has 3 heteroatoms. The van der Waals surface area contributed by atoms with Gasteiger partial charge in [0.1, 0.15) is 0 Å². The predicted octanol–water partition coefficient (Wildman–Crippen LogP) is 0.936. The highest BCUT2D eigenvalue weighted by Crippen LogP contribution is 2.40. The maximum atomic E-state index is 9.01. The van der Waals surface area contributed by atoms with Crippen LogP contribution in [0.15, 0.2) is 0 Å². The summed E-state index contributed by atoms with van der Waals surface area (Å²) in [5.74, 6) is 1.05. The van der Waals surface area contributed by atoms with Gasteiger partial charge in [-0.25, -0.2) is 0 Å². The van der Waals surface area contributed by atoms with Gasteiger partial charge in [0, 0.05) is 5.92 Å². The van der Waals surface area contributed by atoms with Gasteiger partial charge in [0.15, 0.2) is 6.29 Å². The first kappa shape index (κ1) is 10.1. The van der Waals surface area contributed by atoms with E-state index in [-0.39, 0.29) is 11.7 Å². The van der Waals surface area contributed by atoms with Crippen LogP contribution < -0.4 is 0 Å². The molecule has 1 saturated carbocycles. The molecule has 68 valence electrons. The van der Waals surface area contributed by atoms with E-state index in [0.717, 1.165) is 12.8 Å². The molecule has 2 unspecified atom stereocenters. The van der Waals surface area contributed by atoms with Crippen molar-refractivity contribution in [2.45, 2.75) is 38.8 Å². The zero-order valence-corrected chi connectivity index (χ0v) is 7.77. The summed E-state index contributed by atoms with van der Waals surface area (Å²) < 4.78 is 0. The number of aliphatic hydroxyl groups excluding tert-OH is 1. The molecule has 0 aromatic carbocycles. The Morgan fingerprint density at radius 3 is 1.92 bits per heavy atom. The molecule has 0 bridgehead atoms. The molecule has 2 radical (unpaired) electrons. The lowest BCUT2D eigenvalue weighted by Gasteiger charge is -2.38. The van der Waals surface area contributed by atoms with Gasteiger partial charge in [-0.2, -0.15) is 0 Å². The van der Waals surface area contributed by atoms with Crippen LogP contribution in [0.4, 0.5) is 0 Å². The summed E-state index contributed by atoms with van der Waals surface area (Å²) in [6.45, 7) is 4.16. The summed E-state index contributed by atoms with van der Waals surface area (Å²) >= 11 is 0. The zero-order chi connectivity index (χ0) is 9.30. The second-order valence-corrected chi connectivity index (χ2v) is 4.18. The first-order chi connectivity index (χ1) is 5.52. The maximum Gasteiger partial charge on any atom is 0.154 e. The molecule has 2 atom stereocenters. The molecule has 0 spiro atoms. The Bertz CT molecular complexity index is 137. The number of hydrogen-bond acceptors (Lipinski definition) is 2. The third-order valence-corrected chi connectivity index (χ3v) is 3.08. The standard InChI is InChI=1S/C9H17BO2/c1-5-3-7(9(11)12)4-6(2)8(5)10/h5-9,11-12H,3-4H2,1-2H3. The molecule has 1 aliphatic rings. The Morgan fingerprint density at radius 1 is 1.17 bits per heavy atom. The molecule has 2 N–H and O–H groups in total. The SMILES string of the molecule is [B]C1C(C)CC(C(O)O)CC1C. The lowest BCUT2D eigenvalue weighted by molar-refractivity contribution is -0.102. The van der Waals surface area contributed by atoms with Crippen LogP contribution in [0, 0.1) is 17.8 Å². The van der Waals surface area contributed by atoms with Gasteiger partial charge in [-0.05, 0) is 24.7 Å². The second-order valence-electron chi connectivity index (χ2n) is 4.18. The van der Waals surface area contributed by atoms with E-state index in [1.54, 1.807) is 0 Å². The first-order valence-electron chi connectivity index (χ1n) is 4.64. The molecule has 1 rings (SSSR count). The maximum absolute atomic E-state index is 9.01. The zero-order valence-electron chi connectivity index (χ0n) is 7.77. The van der Waals surface area contributed by atoms with Gasteiger partial charge >= 0.3 is 0 Å². The van der Waals surface area contributed by atoms with Gasteiger partial charge in [0.25, 0.3) is 0 Å². The van der Waals surface area contributed by atoms with Gasteiger partial charge in [-0.3, -0.25) is 0 Å². The van der Waals surface area contributed by atoms with Gasteiger partial charge < -0.3 is 10.2 Å². The van der Waals surface area contributed by atoms with Crippen molar-refractivity contribution in [3.05, 3.63) is 0 Å². The summed E-state index contributed by atoms with van der Waals surface area (Å²) in [7, 11) is 5.92. The summed E-state index contributed by atoms with van der Waals surface area (Å²) in [5, 5.41) is 18.0. The van der Waals surface area contributed by atoms with Gasteiger partial charge in [-0.1, -0.05) is 19.7 Å². The number of aliphatic hydroxyl groups is 2. The molecule has 12 heavy (non-hydrogen) atoms. The highest BCUT2D eigenvalue weighted by molar-refractivity contribution is 6.12. The van der Waals surface area contributed by atoms with Crippen molar-refractivity contribution in [2.75, 3.05) is 0 Å². The lowest BCUT2D eigenvalue weighted by Crippen LogP contribution is -2.32. The van der Waals surface area contributed by atoms with E-state index in [9.17, 15) is 0 Å². The number of rotatable bonds is 1. The van der Waals surface area contributed by atoms with E-state index in [1.807, 2.05) is 0 Å². The summed E-state index contributed by atoms with van der Waals surface area (Å²) in [6.07, 6.45) is 0.509. The number of hydrogen-bond donors (Lipinski definition) is 2. The Hall–Kier alpha value is -0.0151. The van der Waals surface area contributed by atoms with E-state index in [0.29, 0.717) is 11.8 Å². The molecule has 2 nitrogen and oxygen atoms in total. The van der Waals surface area contributed by atoms with Crippen LogP contribution in [0.1, 0.15) is 26.7 Å². The molecule has 0 heterocycles. The van der Waals surface area contributed by atoms with Crippen LogP contribution in [0.25, 0.3) is 0 Å². The largest absolute Gasteiger partial charge is 0.368 e. The van der Waals surface area contributed by atoms with Crippen molar-refractivity contribution in [3.8, 4) is 0 Å². The molecule has 0 aromatic rings. The molecule has 1 fully saturated rings. The van der Waals surface area contributed by atoms with Crippen LogP contribution in [-0.4, -0.2) is 24.3 Å². The van der Waals surface area contributed by atoms with E-state index in [4.69, 9.17) is 18.1 Å². The molecule has 0 saturated heterocycles. The third-order valence-electron chi connectivity index (χ3n) is 3.08. The summed E-state index contributed by atoms with van der Waals surface area (Å²) in [6, 6.07) is 0. The Labute approximate surface area is 75.4 Å². The Morgan fingerprint density at radius 2 is 1.58 bits per heavy atom. The molecule has 0 amide bonds. The van der Waals surface area contributed by atoms with Crippen LogP contribution in [0.3, 0.4) is 0 Å². The van der Waals surface area contributed by atoms with Crippen molar-refractivity contribution in [2.24, 2.45) is 17.8 Å². The molecule has 1 aliphatic carbocycles. The van der Waals surface area contributed by atoms with Gasteiger partial charge in [-0.15, -0.1) is 0 Å². The topological polar surface area (TPSA) is 40.5 Å². The Balaban J connectivity index is 2.53.